The molecule has 0 spiro atoms. The molecule has 132 valence electrons. The second-order valence-corrected chi connectivity index (χ2v) is 7.89. The van der Waals surface area contributed by atoms with Crippen LogP contribution in [0.4, 0.5) is 0 Å². The standard InChI is InChI=1S/C24H14N2OS/c27-24-18-14-20(15-8-3-1-4-9-15)28-22(18)17-12-7-13-19-21(17)26(24)23(25-19)16-10-5-2-6-11-16/h1-14H. The lowest BCUT2D eigenvalue weighted by atomic mass is 10.1. The summed E-state index contributed by atoms with van der Waals surface area (Å²) < 4.78 is 2.81. The minimum absolute atomic E-state index is 0.00603. The van der Waals surface area contributed by atoms with Gasteiger partial charge in [0.2, 0.25) is 0 Å². The van der Waals surface area contributed by atoms with Crippen molar-refractivity contribution < 1.29 is 0 Å². The van der Waals surface area contributed by atoms with Crippen LogP contribution in [-0.2, 0) is 0 Å². The highest BCUT2D eigenvalue weighted by atomic mass is 32.1. The highest BCUT2D eigenvalue weighted by Gasteiger charge is 2.20. The van der Waals surface area contributed by atoms with E-state index in [1.807, 2.05) is 66.7 Å². The zero-order valence-electron chi connectivity index (χ0n) is 14.8. The molecule has 0 aliphatic carbocycles. The molecule has 4 heteroatoms. The molecule has 3 aromatic carbocycles. The second kappa shape index (κ2) is 5.75. The summed E-state index contributed by atoms with van der Waals surface area (Å²) in [4.78, 5) is 19.4. The van der Waals surface area contributed by atoms with E-state index in [1.54, 1.807) is 15.7 Å². The van der Waals surface area contributed by atoms with Crippen molar-refractivity contribution in [2.45, 2.75) is 0 Å². The van der Waals surface area contributed by atoms with Crippen molar-refractivity contribution in [3.8, 4) is 21.8 Å². The Bertz CT molecular complexity index is 1520. The summed E-state index contributed by atoms with van der Waals surface area (Å²) in [5.41, 5.74) is 3.83. The smallest absolute Gasteiger partial charge is 0.265 e. The first kappa shape index (κ1) is 15.5. The molecule has 28 heavy (non-hydrogen) atoms. The van der Waals surface area contributed by atoms with Gasteiger partial charge in [0.1, 0.15) is 5.82 Å². The number of hydrogen-bond acceptors (Lipinski definition) is 3. The first-order chi connectivity index (χ1) is 13.8. The van der Waals surface area contributed by atoms with Crippen molar-refractivity contribution in [3.05, 3.63) is 95.3 Å². The lowest BCUT2D eigenvalue weighted by molar-refractivity contribution is 1.13. The molecule has 0 aliphatic rings. The first-order valence-corrected chi connectivity index (χ1v) is 9.94. The van der Waals surface area contributed by atoms with E-state index >= 15 is 0 Å². The van der Waals surface area contributed by atoms with E-state index in [2.05, 4.69) is 18.2 Å². The van der Waals surface area contributed by atoms with Gasteiger partial charge in [0.25, 0.3) is 5.56 Å². The van der Waals surface area contributed by atoms with E-state index < -0.39 is 0 Å². The molecule has 0 unspecified atom stereocenters. The number of aromatic nitrogens is 2. The van der Waals surface area contributed by atoms with Gasteiger partial charge in [-0.2, -0.15) is 0 Å². The van der Waals surface area contributed by atoms with Crippen LogP contribution in [0.2, 0.25) is 0 Å². The Kier molecular flexibility index (Phi) is 3.19. The van der Waals surface area contributed by atoms with Gasteiger partial charge in [-0.05, 0) is 17.7 Å². The second-order valence-electron chi connectivity index (χ2n) is 6.83. The molecule has 0 saturated carbocycles. The molecule has 3 aromatic heterocycles. The Labute approximate surface area is 164 Å². The number of nitrogens with zero attached hydrogens (tertiary/aromatic N) is 2. The third kappa shape index (κ3) is 2.09. The molecule has 0 amide bonds. The Morgan fingerprint density at radius 1 is 0.750 bits per heavy atom. The minimum Gasteiger partial charge on any atom is -0.268 e. The monoisotopic (exact) mass is 378 g/mol. The molecule has 0 N–H and O–H groups in total. The summed E-state index contributed by atoms with van der Waals surface area (Å²) in [6.45, 7) is 0. The van der Waals surface area contributed by atoms with Crippen LogP contribution >= 0.6 is 11.3 Å². The van der Waals surface area contributed by atoms with Crippen molar-refractivity contribution in [3.63, 3.8) is 0 Å². The lowest BCUT2D eigenvalue weighted by Crippen LogP contribution is -2.13. The van der Waals surface area contributed by atoms with Crippen LogP contribution in [0, 0.1) is 0 Å². The zero-order chi connectivity index (χ0) is 18.7. The van der Waals surface area contributed by atoms with E-state index in [9.17, 15) is 4.79 Å². The average molecular weight is 378 g/mol. The Balaban J connectivity index is 1.78. The normalized spacial score (nSPS) is 11.7. The van der Waals surface area contributed by atoms with Crippen molar-refractivity contribution in [1.29, 1.82) is 0 Å². The molecule has 6 aromatic rings. The van der Waals surface area contributed by atoms with Crippen LogP contribution in [0.15, 0.2) is 89.7 Å². The van der Waals surface area contributed by atoms with Gasteiger partial charge >= 0.3 is 0 Å². The van der Waals surface area contributed by atoms with Crippen LogP contribution in [-0.4, -0.2) is 9.38 Å². The number of hydrogen-bond donors (Lipinski definition) is 0. The van der Waals surface area contributed by atoms with Gasteiger partial charge in [0.05, 0.1) is 16.4 Å². The van der Waals surface area contributed by atoms with Crippen LogP contribution in [0.25, 0.3) is 48.3 Å². The van der Waals surface area contributed by atoms with E-state index in [4.69, 9.17) is 4.98 Å². The SMILES string of the molecule is O=c1c2cc(-c3ccccc3)sc2c2cccc3nc(-c4ccccc4)n1c32. The van der Waals surface area contributed by atoms with E-state index in [0.717, 1.165) is 42.5 Å². The fourth-order valence-electron chi connectivity index (χ4n) is 3.90. The zero-order valence-corrected chi connectivity index (χ0v) is 15.6. The topological polar surface area (TPSA) is 34.4 Å². The van der Waals surface area contributed by atoms with Gasteiger partial charge in [-0.25, -0.2) is 4.98 Å². The summed E-state index contributed by atoms with van der Waals surface area (Å²) in [7, 11) is 0. The maximum atomic E-state index is 13.5. The van der Waals surface area contributed by atoms with E-state index in [1.165, 1.54) is 0 Å². The predicted octanol–water partition coefficient (Wildman–Crippen LogP) is 5.83. The largest absolute Gasteiger partial charge is 0.268 e. The van der Waals surface area contributed by atoms with Crippen LogP contribution in [0.3, 0.4) is 0 Å². The third-order valence-electron chi connectivity index (χ3n) is 5.18. The van der Waals surface area contributed by atoms with Gasteiger partial charge in [0, 0.05) is 20.5 Å². The molecule has 0 bridgehead atoms. The molecule has 3 nitrogen and oxygen atoms in total. The molecule has 0 saturated heterocycles. The Morgan fingerprint density at radius 2 is 1.46 bits per heavy atom. The van der Waals surface area contributed by atoms with Crippen LogP contribution in [0.5, 0.6) is 0 Å². The number of thiophene rings is 1. The van der Waals surface area contributed by atoms with Crippen molar-refractivity contribution in [2.24, 2.45) is 0 Å². The van der Waals surface area contributed by atoms with Crippen molar-refractivity contribution in [1.82, 2.24) is 9.38 Å². The maximum Gasteiger partial charge on any atom is 0.265 e. The molecule has 0 atom stereocenters. The molecule has 0 radical (unpaired) electrons. The highest BCUT2D eigenvalue weighted by Crippen LogP contribution is 2.38. The molecule has 0 fully saturated rings. The minimum atomic E-state index is -0.00603. The van der Waals surface area contributed by atoms with Gasteiger partial charge in [0.15, 0.2) is 0 Å². The van der Waals surface area contributed by atoms with Crippen molar-refractivity contribution >= 4 is 37.8 Å². The van der Waals surface area contributed by atoms with E-state index in [-0.39, 0.29) is 5.56 Å². The Hall–Kier alpha value is -3.50. The average Bonchev–Trinajstić information content (AvgIpc) is 3.37. The lowest BCUT2D eigenvalue weighted by Gasteiger charge is -2.03. The van der Waals surface area contributed by atoms with Gasteiger partial charge in [-0.1, -0.05) is 72.8 Å². The van der Waals surface area contributed by atoms with Gasteiger partial charge < -0.3 is 0 Å². The number of pyridine rings is 1. The molecule has 0 aliphatic heterocycles. The first-order valence-electron chi connectivity index (χ1n) is 9.12. The fraction of sp³-hybridized carbons (Fsp3) is 0. The van der Waals surface area contributed by atoms with Gasteiger partial charge in [-0.3, -0.25) is 9.20 Å². The number of para-hydroxylation sites is 1. The summed E-state index contributed by atoms with van der Waals surface area (Å²) >= 11 is 1.67. The Morgan fingerprint density at radius 3 is 2.21 bits per heavy atom. The maximum absolute atomic E-state index is 13.5. The van der Waals surface area contributed by atoms with Gasteiger partial charge in [-0.15, -0.1) is 11.3 Å². The molecule has 6 rings (SSSR count). The summed E-state index contributed by atoms with van der Waals surface area (Å²) in [6.07, 6.45) is 0. The van der Waals surface area contributed by atoms with Crippen LogP contribution in [0.1, 0.15) is 0 Å². The molecule has 3 heterocycles. The summed E-state index contributed by atoms with van der Waals surface area (Å²) in [5.74, 6) is 0.700. The van der Waals surface area contributed by atoms with Crippen molar-refractivity contribution in [2.75, 3.05) is 0 Å². The number of fused-ring (bicyclic) bond motifs is 2. The number of imidazole rings is 1. The quantitative estimate of drug-likeness (QED) is 0.380. The van der Waals surface area contributed by atoms with E-state index in [0.29, 0.717) is 5.82 Å². The van der Waals surface area contributed by atoms with Crippen LogP contribution < -0.4 is 5.56 Å². The third-order valence-corrected chi connectivity index (χ3v) is 6.39. The molecular formula is C24H14N2OS. The number of rotatable bonds is 2. The molecular weight excluding hydrogens is 364 g/mol. The fourth-order valence-corrected chi connectivity index (χ4v) is 5.08. The highest BCUT2D eigenvalue weighted by molar-refractivity contribution is 7.23. The summed E-state index contributed by atoms with van der Waals surface area (Å²) in [6, 6.07) is 28.2. The predicted molar refractivity (Wildman–Crippen MR) is 116 cm³/mol. The summed E-state index contributed by atoms with van der Waals surface area (Å²) in [5, 5.41) is 1.83. The number of benzene rings is 3.